The van der Waals surface area contributed by atoms with E-state index >= 15 is 0 Å². The Morgan fingerprint density at radius 3 is 2.33 bits per heavy atom. The van der Waals surface area contributed by atoms with Gasteiger partial charge in [-0.25, -0.2) is 8.42 Å². The number of carboxylic acids is 1. The Morgan fingerprint density at radius 2 is 1.89 bits per heavy atom. The van der Waals surface area contributed by atoms with Crippen molar-refractivity contribution >= 4 is 16.0 Å². The zero-order valence-electron chi connectivity index (χ0n) is 10.4. The first kappa shape index (κ1) is 14.7. The summed E-state index contributed by atoms with van der Waals surface area (Å²) in [6.45, 7) is 3.51. The van der Waals surface area contributed by atoms with Crippen LogP contribution in [0.1, 0.15) is 31.7 Å². The molecule has 2 N–H and O–H groups in total. The van der Waals surface area contributed by atoms with E-state index in [1.165, 1.54) is 12.1 Å². The number of nitrogens with one attached hydrogen (secondary N) is 1. The van der Waals surface area contributed by atoms with Gasteiger partial charge >= 0.3 is 5.97 Å². The smallest absolute Gasteiger partial charge is 0.318 e. The van der Waals surface area contributed by atoms with Gasteiger partial charge in [0, 0.05) is 0 Å². The molecule has 0 aliphatic carbocycles. The van der Waals surface area contributed by atoms with Crippen LogP contribution in [0.4, 0.5) is 0 Å². The van der Waals surface area contributed by atoms with Crippen molar-refractivity contribution in [2.24, 2.45) is 0 Å². The molecule has 1 unspecified atom stereocenters. The number of carboxylic acid groups (broad SMARTS) is 1. The second-order valence-corrected chi connectivity index (χ2v) is 5.86. The number of hydrogen-bond donors (Lipinski definition) is 2. The number of sulfonamides is 1. The second kappa shape index (κ2) is 5.97. The number of hydrogen-bond acceptors (Lipinski definition) is 3. The molecule has 18 heavy (non-hydrogen) atoms. The Bertz CT molecular complexity index is 507. The Labute approximate surface area is 107 Å². The molecule has 1 rings (SSSR count). The van der Waals surface area contributed by atoms with Gasteiger partial charge in [-0.15, -0.1) is 0 Å². The zero-order valence-corrected chi connectivity index (χ0v) is 11.2. The van der Waals surface area contributed by atoms with Gasteiger partial charge in [-0.1, -0.05) is 26.0 Å². The van der Waals surface area contributed by atoms with Crippen molar-refractivity contribution < 1.29 is 18.3 Å². The normalized spacial score (nSPS) is 13.2. The van der Waals surface area contributed by atoms with Crippen molar-refractivity contribution in [1.29, 1.82) is 0 Å². The zero-order chi connectivity index (χ0) is 13.8. The molecule has 0 spiro atoms. The van der Waals surface area contributed by atoms with E-state index in [9.17, 15) is 13.2 Å². The second-order valence-electron chi connectivity index (χ2n) is 4.10. The number of rotatable bonds is 6. The van der Waals surface area contributed by atoms with Crippen molar-refractivity contribution in [3.05, 3.63) is 29.8 Å². The summed E-state index contributed by atoms with van der Waals surface area (Å²) in [7, 11) is -3.74. The van der Waals surface area contributed by atoms with Gasteiger partial charge in [-0.05, 0) is 30.0 Å². The molecule has 0 saturated carbocycles. The van der Waals surface area contributed by atoms with Gasteiger partial charge in [-0.2, -0.15) is 4.72 Å². The van der Waals surface area contributed by atoms with E-state index in [0.717, 1.165) is 12.0 Å². The maximum Gasteiger partial charge on any atom is 0.318 e. The highest BCUT2D eigenvalue weighted by molar-refractivity contribution is 7.89. The lowest BCUT2D eigenvalue weighted by Crippen LogP contribution is -2.29. The van der Waals surface area contributed by atoms with Crippen LogP contribution >= 0.6 is 0 Å². The van der Waals surface area contributed by atoms with Crippen molar-refractivity contribution in [2.75, 3.05) is 6.54 Å². The molecule has 6 heteroatoms. The van der Waals surface area contributed by atoms with Crippen LogP contribution in [0.3, 0.4) is 0 Å². The predicted molar refractivity (Wildman–Crippen MR) is 68.0 cm³/mol. The molecule has 1 aromatic carbocycles. The highest BCUT2D eigenvalue weighted by atomic mass is 32.2. The standard InChI is InChI=1S/C12H17NO4S/c1-3-9(2)10-4-6-11(7-5-10)18(16,17)13-8-12(14)15/h4-7,9,13H,3,8H2,1-2H3,(H,14,15). The average Bonchev–Trinajstić information content (AvgIpc) is 2.36. The maximum absolute atomic E-state index is 11.7. The fourth-order valence-corrected chi connectivity index (χ4v) is 2.43. The van der Waals surface area contributed by atoms with Gasteiger partial charge in [0.25, 0.3) is 0 Å². The van der Waals surface area contributed by atoms with E-state index in [1.54, 1.807) is 12.1 Å². The maximum atomic E-state index is 11.7. The van der Waals surface area contributed by atoms with Gasteiger partial charge < -0.3 is 5.11 Å². The largest absolute Gasteiger partial charge is 0.480 e. The molecule has 5 nitrogen and oxygen atoms in total. The van der Waals surface area contributed by atoms with E-state index in [-0.39, 0.29) is 4.90 Å². The number of benzene rings is 1. The first-order chi connectivity index (χ1) is 8.36. The lowest BCUT2D eigenvalue weighted by Gasteiger charge is -2.10. The van der Waals surface area contributed by atoms with E-state index in [2.05, 4.69) is 13.8 Å². The molecule has 0 aliphatic rings. The van der Waals surface area contributed by atoms with E-state index in [4.69, 9.17) is 5.11 Å². The minimum Gasteiger partial charge on any atom is -0.480 e. The molecule has 1 atom stereocenters. The fraction of sp³-hybridized carbons (Fsp3) is 0.417. The predicted octanol–water partition coefficient (Wildman–Crippen LogP) is 1.56. The molecule has 0 radical (unpaired) electrons. The molecule has 0 heterocycles. The van der Waals surface area contributed by atoms with Gasteiger partial charge in [0.15, 0.2) is 0 Å². The van der Waals surface area contributed by atoms with Crippen LogP contribution in [0.5, 0.6) is 0 Å². The van der Waals surface area contributed by atoms with Crippen LogP contribution in [-0.2, 0) is 14.8 Å². The summed E-state index contributed by atoms with van der Waals surface area (Å²) in [5.74, 6) is -0.844. The van der Waals surface area contributed by atoms with Crippen molar-refractivity contribution in [3.63, 3.8) is 0 Å². The third-order valence-electron chi connectivity index (χ3n) is 2.79. The molecule has 0 fully saturated rings. The van der Waals surface area contributed by atoms with Crippen LogP contribution < -0.4 is 4.72 Å². The van der Waals surface area contributed by atoms with E-state index in [1.807, 2.05) is 4.72 Å². The summed E-state index contributed by atoms with van der Waals surface area (Å²) in [6.07, 6.45) is 0.976. The van der Waals surface area contributed by atoms with E-state index < -0.39 is 22.5 Å². The van der Waals surface area contributed by atoms with Crippen LogP contribution in [0, 0.1) is 0 Å². The Kier molecular flexibility index (Phi) is 4.86. The number of aliphatic carboxylic acids is 1. The first-order valence-electron chi connectivity index (χ1n) is 5.68. The summed E-state index contributed by atoms with van der Waals surface area (Å²) in [5, 5.41) is 8.45. The van der Waals surface area contributed by atoms with Crippen LogP contribution in [0.25, 0.3) is 0 Å². The highest BCUT2D eigenvalue weighted by Gasteiger charge is 2.15. The van der Waals surface area contributed by atoms with Crippen LogP contribution in [0.15, 0.2) is 29.2 Å². The monoisotopic (exact) mass is 271 g/mol. The molecule has 1 aromatic rings. The van der Waals surface area contributed by atoms with Crippen molar-refractivity contribution in [2.45, 2.75) is 31.1 Å². The molecule has 0 aromatic heterocycles. The third-order valence-corrected chi connectivity index (χ3v) is 4.20. The average molecular weight is 271 g/mol. The topological polar surface area (TPSA) is 83.5 Å². The van der Waals surface area contributed by atoms with E-state index in [0.29, 0.717) is 5.92 Å². The van der Waals surface area contributed by atoms with Gasteiger partial charge in [0.1, 0.15) is 6.54 Å². The number of carbonyl (C=O) groups is 1. The molecule has 0 bridgehead atoms. The fourth-order valence-electron chi connectivity index (χ4n) is 1.45. The third kappa shape index (κ3) is 3.82. The lowest BCUT2D eigenvalue weighted by atomic mass is 9.99. The molecule has 0 aliphatic heterocycles. The lowest BCUT2D eigenvalue weighted by molar-refractivity contribution is -0.135. The van der Waals surface area contributed by atoms with Gasteiger partial charge in [0.05, 0.1) is 4.90 Å². The van der Waals surface area contributed by atoms with Gasteiger partial charge in [-0.3, -0.25) is 4.79 Å². The SMILES string of the molecule is CCC(C)c1ccc(S(=O)(=O)NCC(=O)O)cc1. The minimum atomic E-state index is -3.74. The summed E-state index contributed by atoms with van der Waals surface area (Å²) in [6, 6.07) is 6.49. The first-order valence-corrected chi connectivity index (χ1v) is 7.16. The summed E-state index contributed by atoms with van der Waals surface area (Å²) >= 11 is 0. The molecular formula is C12H17NO4S. The Balaban J connectivity index is 2.87. The Morgan fingerprint density at radius 1 is 1.33 bits per heavy atom. The summed E-state index contributed by atoms with van der Waals surface area (Å²) < 4.78 is 25.4. The molecule has 0 amide bonds. The molecule has 100 valence electrons. The minimum absolute atomic E-state index is 0.0794. The quantitative estimate of drug-likeness (QED) is 0.822. The van der Waals surface area contributed by atoms with Crippen LogP contribution in [0.2, 0.25) is 0 Å². The molecule has 0 saturated heterocycles. The summed E-state index contributed by atoms with van der Waals surface area (Å²) in [5.41, 5.74) is 1.06. The van der Waals surface area contributed by atoms with Crippen molar-refractivity contribution in [1.82, 2.24) is 4.72 Å². The highest BCUT2D eigenvalue weighted by Crippen LogP contribution is 2.20. The molecular weight excluding hydrogens is 254 g/mol. The van der Waals surface area contributed by atoms with Crippen molar-refractivity contribution in [3.8, 4) is 0 Å². The summed E-state index contributed by atoms with van der Waals surface area (Å²) in [4.78, 5) is 10.4. The Hall–Kier alpha value is -1.40. The van der Waals surface area contributed by atoms with Crippen LogP contribution in [-0.4, -0.2) is 26.0 Å². The van der Waals surface area contributed by atoms with Gasteiger partial charge in [0.2, 0.25) is 10.0 Å².